The van der Waals surface area contributed by atoms with Crippen LogP contribution in [-0.4, -0.2) is 29.4 Å². The van der Waals surface area contributed by atoms with Gasteiger partial charge in [0.05, 0.1) is 12.8 Å². The van der Waals surface area contributed by atoms with Crippen LogP contribution < -0.4 is 10.1 Å². The fourth-order valence-electron chi connectivity index (χ4n) is 2.82. The summed E-state index contributed by atoms with van der Waals surface area (Å²) in [6, 6.07) is 9.55. The third kappa shape index (κ3) is 3.11. The van der Waals surface area contributed by atoms with Gasteiger partial charge in [-0.3, -0.25) is 0 Å². The number of ether oxygens (including phenoxy) is 1. The summed E-state index contributed by atoms with van der Waals surface area (Å²) >= 11 is 0. The van der Waals surface area contributed by atoms with Gasteiger partial charge in [0.2, 0.25) is 5.92 Å². The number of nitrogens with one attached hydrogen (secondary N) is 1. The second-order valence-electron chi connectivity index (χ2n) is 5.67. The van der Waals surface area contributed by atoms with Gasteiger partial charge in [0.1, 0.15) is 11.4 Å². The lowest BCUT2D eigenvalue weighted by atomic mass is 9.81. The average molecular weight is 307 g/mol. The number of hydrogen-bond acceptors (Lipinski definition) is 3. The Morgan fingerprint density at radius 2 is 2.09 bits per heavy atom. The van der Waals surface area contributed by atoms with Gasteiger partial charge in [-0.15, -0.1) is 0 Å². The molecule has 0 atom stereocenters. The van der Waals surface area contributed by atoms with Gasteiger partial charge in [-0.05, 0) is 30.7 Å². The first-order valence-electron chi connectivity index (χ1n) is 7.34. The van der Waals surface area contributed by atoms with Crippen molar-refractivity contribution in [1.82, 2.24) is 15.1 Å². The van der Waals surface area contributed by atoms with Crippen LogP contribution >= 0.6 is 0 Å². The zero-order valence-corrected chi connectivity index (χ0v) is 12.4. The number of benzene rings is 1. The zero-order valence-electron chi connectivity index (χ0n) is 12.4. The maximum atomic E-state index is 12.8. The fourth-order valence-corrected chi connectivity index (χ4v) is 2.82. The Morgan fingerprint density at radius 1 is 1.32 bits per heavy atom. The van der Waals surface area contributed by atoms with Crippen LogP contribution in [0.25, 0.3) is 5.69 Å². The van der Waals surface area contributed by atoms with Crippen LogP contribution in [0.5, 0.6) is 5.75 Å². The van der Waals surface area contributed by atoms with E-state index in [1.807, 2.05) is 30.3 Å². The van der Waals surface area contributed by atoms with Crippen LogP contribution in [0.15, 0.2) is 36.5 Å². The van der Waals surface area contributed by atoms with Crippen molar-refractivity contribution in [3.8, 4) is 11.4 Å². The van der Waals surface area contributed by atoms with E-state index in [0.717, 1.165) is 17.1 Å². The number of halogens is 2. The van der Waals surface area contributed by atoms with Gasteiger partial charge in [0, 0.05) is 25.6 Å². The van der Waals surface area contributed by atoms with Gasteiger partial charge in [-0.2, -0.15) is 5.10 Å². The molecular formula is C16H19F2N3O. The Kier molecular flexibility index (Phi) is 4.11. The standard InChI is InChI=1S/C16H19F2N3O/c1-22-15-5-3-2-4-14(15)21-13(6-7-20-21)11-19-10-12-8-16(17,18)9-12/h2-7,12,19H,8-11H2,1H3. The third-order valence-corrected chi connectivity index (χ3v) is 3.95. The summed E-state index contributed by atoms with van der Waals surface area (Å²) in [5, 5.41) is 7.57. The van der Waals surface area contributed by atoms with Crippen molar-refractivity contribution < 1.29 is 13.5 Å². The highest BCUT2D eigenvalue weighted by atomic mass is 19.3. The number of para-hydroxylation sites is 2. The van der Waals surface area contributed by atoms with E-state index in [2.05, 4.69) is 10.4 Å². The molecule has 2 aromatic rings. The van der Waals surface area contributed by atoms with Crippen LogP contribution in [0.3, 0.4) is 0 Å². The molecule has 1 N–H and O–H groups in total. The summed E-state index contributed by atoms with van der Waals surface area (Å²) in [7, 11) is 1.62. The van der Waals surface area contributed by atoms with Crippen LogP contribution in [0, 0.1) is 5.92 Å². The first kappa shape index (κ1) is 15.0. The molecule has 118 valence electrons. The molecule has 1 heterocycles. The molecule has 0 spiro atoms. The molecule has 0 radical (unpaired) electrons. The molecule has 1 aromatic heterocycles. The lowest BCUT2D eigenvalue weighted by Gasteiger charge is -2.35. The molecule has 0 amide bonds. The van der Waals surface area contributed by atoms with Crippen molar-refractivity contribution in [3.63, 3.8) is 0 Å². The average Bonchev–Trinajstić information content (AvgIpc) is 2.93. The number of aromatic nitrogens is 2. The molecule has 1 aromatic carbocycles. The van der Waals surface area contributed by atoms with E-state index in [-0.39, 0.29) is 18.8 Å². The van der Waals surface area contributed by atoms with E-state index >= 15 is 0 Å². The molecule has 4 nitrogen and oxygen atoms in total. The Morgan fingerprint density at radius 3 is 2.82 bits per heavy atom. The second-order valence-corrected chi connectivity index (χ2v) is 5.67. The van der Waals surface area contributed by atoms with Crippen LogP contribution in [0.4, 0.5) is 8.78 Å². The van der Waals surface area contributed by atoms with Crippen molar-refractivity contribution in [1.29, 1.82) is 0 Å². The molecule has 0 saturated heterocycles. The summed E-state index contributed by atoms with van der Waals surface area (Å²) in [6.07, 6.45) is 1.71. The minimum atomic E-state index is -2.45. The van der Waals surface area contributed by atoms with Gasteiger partial charge < -0.3 is 10.1 Å². The quantitative estimate of drug-likeness (QED) is 0.891. The van der Waals surface area contributed by atoms with E-state index in [1.165, 1.54) is 0 Å². The molecule has 1 fully saturated rings. The van der Waals surface area contributed by atoms with Crippen LogP contribution in [-0.2, 0) is 6.54 Å². The van der Waals surface area contributed by atoms with Crippen molar-refractivity contribution in [2.24, 2.45) is 5.92 Å². The first-order valence-corrected chi connectivity index (χ1v) is 7.34. The smallest absolute Gasteiger partial charge is 0.248 e. The summed E-state index contributed by atoms with van der Waals surface area (Å²) in [5.41, 5.74) is 1.83. The number of nitrogens with zero attached hydrogens (tertiary/aromatic N) is 2. The first-order chi connectivity index (χ1) is 10.6. The third-order valence-electron chi connectivity index (χ3n) is 3.95. The maximum Gasteiger partial charge on any atom is 0.248 e. The molecule has 1 saturated carbocycles. The molecule has 1 aliphatic rings. The summed E-state index contributed by atoms with van der Waals surface area (Å²) in [6.45, 7) is 1.19. The highest BCUT2D eigenvalue weighted by Gasteiger charge is 2.44. The molecule has 22 heavy (non-hydrogen) atoms. The number of rotatable bonds is 6. The van der Waals surface area contributed by atoms with Gasteiger partial charge in [-0.1, -0.05) is 12.1 Å². The zero-order chi connectivity index (χ0) is 15.6. The van der Waals surface area contributed by atoms with Crippen LogP contribution in [0.2, 0.25) is 0 Å². The number of hydrogen-bond donors (Lipinski definition) is 1. The van der Waals surface area contributed by atoms with Crippen molar-refractivity contribution in [2.45, 2.75) is 25.3 Å². The van der Waals surface area contributed by atoms with E-state index in [1.54, 1.807) is 18.0 Å². The predicted octanol–water partition coefficient (Wildman–Crippen LogP) is 3.02. The monoisotopic (exact) mass is 307 g/mol. The van der Waals surface area contributed by atoms with Gasteiger partial charge in [0.25, 0.3) is 0 Å². The maximum absolute atomic E-state index is 12.8. The van der Waals surface area contributed by atoms with Gasteiger partial charge in [-0.25, -0.2) is 13.5 Å². The minimum absolute atomic E-state index is 0.00816. The van der Waals surface area contributed by atoms with Gasteiger partial charge >= 0.3 is 0 Å². The Hall–Kier alpha value is -1.95. The van der Waals surface area contributed by atoms with E-state index < -0.39 is 5.92 Å². The molecule has 1 aliphatic carbocycles. The van der Waals surface area contributed by atoms with E-state index in [0.29, 0.717) is 13.1 Å². The lowest BCUT2D eigenvalue weighted by Crippen LogP contribution is -2.40. The van der Waals surface area contributed by atoms with Crippen molar-refractivity contribution in [3.05, 3.63) is 42.2 Å². The van der Waals surface area contributed by atoms with E-state index in [9.17, 15) is 8.78 Å². The normalized spacial score (nSPS) is 17.2. The SMILES string of the molecule is COc1ccccc1-n1nccc1CNCC1CC(F)(F)C1. The van der Waals surface area contributed by atoms with Crippen molar-refractivity contribution >= 4 is 0 Å². The summed E-state index contributed by atoms with van der Waals surface area (Å²) in [4.78, 5) is 0. The lowest BCUT2D eigenvalue weighted by molar-refractivity contribution is -0.109. The summed E-state index contributed by atoms with van der Waals surface area (Å²) in [5.74, 6) is -1.64. The minimum Gasteiger partial charge on any atom is -0.494 e. The Bertz CT molecular complexity index is 634. The largest absolute Gasteiger partial charge is 0.494 e. The second kappa shape index (κ2) is 6.04. The molecule has 3 rings (SSSR count). The Balaban J connectivity index is 1.63. The number of methoxy groups -OCH3 is 1. The fraction of sp³-hybridized carbons (Fsp3) is 0.438. The predicted molar refractivity (Wildman–Crippen MR) is 79.5 cm³/mol. The van der Waals surface area contributed by atoms with Crippen LogP contribution in [0.1, 0.15) is 18.5 Å². The highest BCUT2D eigenvalue weighted by Crippen LogP contribution is 2.41. The van der Waals surface area contributed by atoms with Gasteiger partial charge in [0.15, 0.2) is 0 Å². The molecule has 0 unspecified atom stereocenters. The number of alkyl halides is 2. The highest BCUT2D eigenvalue weighted by molar-refractivity contribution is 5.46. The molecule has 6 heteroatoms. The molecule has 0 aliphatic heterocycles. The molecular weight excluding hydrogens is 288 g/mol. The summed E-state index contributed by atoms with van der Waals surface area (Å²) < 4.78 is 32.8. The molecule has 0 bridgehead atoms. The van der Waals surface area contributed by atoms with Crippen molar-refractivity contribution in [2.75, 3.05) is 13.7 Å². The Labute approximate surface area is 128 Å². The topological polar surface area (TPSA) is 39.1 Å². The van der Waals surface area contributed by atoms with E-state index in [4.69, 9.17) is 4.74 Å².